The van der Waals surface area contributed by atoms with Gasteiger partial charge in [0.1, 0.15) is 0 Å². The molecule has 0 fully saturated rings. The molecule has 0 unspecified atom stereocenters. The highest BCUT2D eigenvalue weighted by Gasteiger charge is 2.25. The number of hydrogen-bond donors (Lipinski definition) is 0. The number of rotatable bonds is 6. The van der Waals surface area contributed by atoms with Crippen LogP contribution in [0.5, 0.6) is 0 Å². The average Bonchev–Trinajstić information content (AvgIpc) is 1.94. The van der Waals surface area contributed by atoms with Crippen LogP contribution in [0.1, 0.15) is 19.3 Å². The molecule has 0 aromatic rings. The standard InChI is InChI=1S/C7H12BrF3O/c8-4-2-6-12-5-1-3-7(9,10)11/h1-6H2. The van der Waals surface area contributed by atoms with Gasteiger partial charge in [0.25, 0.3) is 0 Å². The van der Waals surface area contributed by atoms with Gasteiger partial charge in [-0.25, -0.2) is 0 Å². The predicted molar refractivity (Wildman–Crippen MR) is 44.5 cm³/mol. The summed E-state index contributed by atoms with van der Waals surface area (Å²) in [4.78, 5) is 0. The van der Waals surface area contributed by atoms with Crippen molar-refractivity contribution in [3.8, 4) is 0 Å². The van der Waals surface area contributed by atoms with Crippen LogP contribution < -0.4 is 0 Å². The van der Waals surface area contributed by atoms with Crippen molar-refractivity contribution in [2.45, 2.75) is 25.4 Å². The first-order valence-corrected chi connectivity index (χ1v) is 4.89. The zero-order chi connectivity index (χ0) is 9.45. The second-order valence-electron chi connectivity index (χ2n) is 2.37. The van der Waals surface area contributed by atoms with Gasteiger partial charge in [-0.1, -0.05) is 15.9 Å². The van der Waals surface area contributed by atoms with E-state index >= 15 is 0 Å². The van der Waals surface area contributed by atoms with Gasteiger partial charge in [0.05, 0.1) is 0 Å². The SMILES string of the molecule is FC(F)(F)CCCOCCCBr. The first-order valence-electron chi connectivity index (χ1n) is 3.77. The third kappa shape index (κ3) is 10.2. The molecule has 0 saturated heterocycles. The summed E-state index contributed by atoms with van der Waals surface area (Å²) in [5, 5.41) is 0.826. The van der Waals surface area contributed by atoms with E-state index in [1.165, 1.54) is 0 Å². The molecule has 0 saturated carbocycles. The lowest BCUT2D eigenvalue weighted by Crippen LogP contribution is -2.09. The normalized spacial score (nSPS) is 12.0. The van der Waals surface area contributed by atoms with Crippen molar-refractivity contribution in [3.05, 3.63) is 0 Å². The summed E-state index contributed by atoms with van der Waals surface area (Å²) in [6, 6.07) is 0. The van der Waals surface area contributed by atoms with Crippen molar-refractivity contribution in [1.29, 1.82) is 0 Å². The minimum atomic E-state index is -4.04. The summed E-state index contributed by atoms with van der Waals surface area (Å²) >= 11 is 3.19. The highest BCUT2D eigenvalue weighted by Crippen LogP contribution is 2.20. The Labute approximate surface area is 78.4 Å². The van der Waals surface area contributed by atoms with Gasteiger partial charge in [0.2, 0.25) is 0 Å². The van der Waals surface area contributed by atoms with Crippen LogP contribution in [0.3, 0.4) is 0 Å². The molecule has 12 heavy (non-hydrogen) atoms. The summed E-state index contributed by atoms with van der Waals surface area (Å²) in [5.41, 5.74) is 0. The van der Waals surface area contributed by atoms with E-state index in [9.17, 15) is 13.2 Å². The molecule has 0 N–H and O–H groups in total. The van der Waals surface area contributed by atoms with Crippen molar-refractivity contribution in [1.82, 2.24) is 0 Å². The molecule has 0 bridgehead atoms. The van der Waals surface area contributed by atoms with Crippen LogP contribution in [-0.4, -0.2) is 24.7 Å². The summed E-state index contributed by atoms with van der Waals surface area (Å²) in [6.07, 6.45) is -3.89. The maximum Gasteiger partial charge on any atom is 0.389 e. The van der Waals surface area contributed by atoms with Crippen molar-refractivity contribution in [2.75, 3.05) is 18.5 Å². The third-order valence-electron chi connectivity index (χ3n) is 1.17. The highest BCUT2D eigenvalue weighted by atomic mass is 79.9. The van der Waals surface area contributed by atoms with Crippen LogP contribution in [0, 0.1) is 0 Å². The Hall–Kier alpha value is 0.230. The highest BCUT2D eigenvalue weighted by molar-refractivity contribution is 9.09. The van der Waals surface area contributed by atoms with Crippen LogP contribution in [0.25, 0.3) is 0 Å². The van der Waals surface area contributed by atoms with Crippen molar-refractivity contribution < 1.29 is 17.9 Å². The van der Waals surface area contributed by atoms with Crippen LogP contribution >= 0.6 is 15.9 Å². The van der Waals surface area contributed by atoms with Gasteiger partial charge < -0.3 is 4.74 Å². The summed E-state index contributed by atoms with van der Waals surface area (Å²) in [6.45, 7) is 0.732. The number of halogens is 4. The molecule has 0 aliphatic carbocycles. The van der Waals surface area contributed by atoms with Crippen molar-refractivity contribution in [2.24, 2.45) is 0 Å². The fraction of sp³-hybridized carbons (Fsp3) is 1.00. The topological polar surface area (TPSA) is 9.23 Å². The maximum atomic E-state index is 11.6. The summed E-state index contributed by atoms with van der Waals surface area (Å²) in [5.74, 6) is 0. The minimum absolute atomic E-state index is 0.0613. The van der Waals surface area contributed by atoms with Crippen molar-refractivity contribution in [3.63, 3.8) is 0 Å². The lowest BCUT2D eigenvalue weighted by Gasteiger charge is -2.05. The molecular formula is C7H12BrF3O. The Bertz CT molecular complexity index is 105. The molecule has 0 aromatic heterocycles. The second kappa shape index (κ2) is 6.71. The first kappa shape index (κ1) is 12.2. The van der Waals surface area contributed by atoms with E-state index < -0.39 is 12.6 Å². The van der Waals surface area contributed by atoms with Gasteiger partial charge in [-0.05, 0) is 12.8 Å². The lowest BCUT2D eigenvalue weighted by molar-refractivity contribution is -0.137. The van der Waals surface area contributed by atoms with E-state index in [0.29, 0.717) is 6.61 Å². The summed E-state index contributed by atoms with van der Waals surface area (Å²) < 4.78 is 39.6. The van der Waals surface area contributed by atoms with Crippen LogP contribution in [0.15, 0.2) is 0 Å². The van der Waals surface area contributed by atoms with E-state index in [1.807, 2.05) is 0 Å². The molecule has 0 atom stereocenters. The molecular weight excluding hydrogens is 237 g/mol. The molecule has 0 spiro atoms. The third-order valence-corrected chi connectivity index (χ3v) is 1.73. The van der Waals surface area contributed by atoms with Gasteiger partial charge in [-0.2, -0.15) is 13.2 Å². The van der Waals surface area contributed by atoms with E-state index in [0.717, 1.165) is 11.8 Å². The maximum absolute atomic E-state index is 11.6. The van der Waals surface area contributed by atoms with Crippen molar-refractivity contribution >= 4 is 15.9 Å². The van der Waals surface area contributed by atoms with Crippen LogP contribution in [0.2, 0.25) is 0 Å². The molecule has 5 heteroatoms. The van der Waals surface area contributed by atoms with Gasteiger partial charge >= 0.3 is 6.18 Å². The Balaban J connectivity index is 3.01. The monoisotopic (exact) mass is 248 g/mol. The molecule has 0 aliphatic heterocycles. The second-order valence-corrected chi connectivity index (χ2v) is 3.17. The van der Waals surface area contributed by atoms with Gasteiger partial charge in [-0.15, -0.1) is 0 Å². The minimum Gasteiger partial charge on any atom is -0.381 e. The first-order chi connectivity index (χ1) is 5.56. The molecule has 74 valence electrons. The van der Waals surface area contributed by atoms with Gasteiger partial charge in [0.15, 0.2) is 0 Å². The number of alkyl halides is 4. The largest absolute Gasteiger partial charge is 0.389 e. The zero-order valence-electron chi connectivity index (χ0n) is 6.66. The quantitative estimate of drug-likeness (QED) is 0.519. The van der Waals surface area contributed by atoms with Gasteiger partial charge in [0, 0.05) is 25.0 Å². The van der Waals surface area contributed by atoms with E-state index in [-0.39, 0.29) is 13.0 Å². The molecule has 0 aromatic carbocycles. The zero-order valence-corrected chi connectivity index (χ0v) is 8.25. The molecule has 0 aliphatic rings. The Morgan fingerprint density at radius 1 is 1.08 bits per heavy atom. The average molecular weight is 249 g/mol. The molecule has 0 radical (unpaired) electrons. The Kier molecular flexibility index (Phi) is 6.84. The van der Waals surface area contributed by atoms with Crippen LogP contribution in [0.4, 0.5) is 13.2 Å². The number of hydrogen-bond acceptors (Lipinski definition) is 1. The van der Waals surface area contributed by atoms with E-state index in [1.54, 1.807) is 0 Å². The molecule has 0 heterocycles. The Morgan fingerprint density at radius 3 is 2.17 bits per heavy atom. The smallest absolute Gasteiger partial charge is 0.381 e. The molecule has 1 nitrogen and oxygen atoms in total. The number of ether oxygens (including phenoxy) is 1. The molecule has 0 amide bonds. The van der Waals surface area contributed by atoms with Crippen LogP contribution in [-0.2, 0) is 4.74 Å². The molecule has 0 rings (SSSR count). The fourth-order valence-corrected chi connectivity index (χ4v) is 0.862. The van der Waals surface area contributed by atoms with Gasteiger partial charge in [-0.3, -0.25) is 0 Å². The Morgan fingerprint density at radius 2 is 1.67 bits per heavy atom. The summed E-state index contributed by atoms with van der Waals surface area (Å²) in [7, 11) is 0. The predicted octanol–water partition coefficient (Wildman–Crippen LogP) is 3.13. The van der Waals surface area contributed by atoms with E-state index in [2.05, 4.69) is 15.9 Å². The fourth-order valence-electron chi connectivity index (χ4n) is 0.633. The van der Waals surface area contributed by atoms with E-state index in [4.69, 9.17) is 4.74 Å². The lowest BCUT2D eigenvalue weighted by atomic mass is 10.3.